The summed E-state index contributed by atoms with van der Waals surface area (Å²) in [5.74, 6) is 1.41. The molecule has 0 aromatic heterocycles. The molecule has 0 bridgehead atoms. The number of rotatable bonds is 7. The molecule has 0 aliphatic carbocycles. The molecule has 0 aliphatic rings. The summed E-state index contributed by atoms with van der Waals surface area (Å²) in [6.45, 7) is 9.22. The number of benzene rings is 1. The average Bonchev–Trinajstić information content (AvgIpc) is 2.44. The normalized spacial score (nSPS) is 10.6. The monoisotopic (exact) mass is 292 g/mol. The standard InChI is InChI=1S/C15H21N3OS/c1-4-9-16-15(20)18-17-10-13-5-7-14(8-6-13)19-11-12(2)3/h4-8,10,12H,1,9,11H2,2-3H3,(H2,16,18,20)/p+1. The van der Waals surface area contributed by atoms with Crippen molar-refractivity contribution in [2.75, 3.05) is 13.2 Å². The summed E-state index contributed by atoms with van der Waals surface area (Å²) >= 11 is 5.04. The van der Waals surface area contributed by atoms with Gasteiger partial charge in [0.1, 0.15) is 5.75 Å². The highest BCUT2D eigenvalue weighted by Crippen LogP contribution is 2.11. The fourth-order valence-corrected chi connectivity index (χ4v) is 1.46. The van der Waals surface area contributed by atoms with E-state index in [1.54, 1.807) is 6.08 Å². The van der Waals surface area contributed by atoms with E-state index in [0.717, 1.165) is 17.9 Å². The Bertz CT molecular complexity index is 455. The van der Waals surface area contributed by atoms with Crippen LogP contribution in [0.5, 0.6) is 5.75 Å². The molecular formula is C15H22N3OS+. The highest BCUT2D eigenvalue weighted by Gasteiger charge is 1.98. The lowest BCUT2D eigenvalue weighted by atomic mass is 10.2. The summed E-state index contributed by atoms with van der Waals surface area (Å²) in [7, 11) is 0. The Kier molecular flexibility index (Phi) is 7.35. The van der Waals surface area contributed by atoms with Gasteiger partial charge >= 0.3 is 0 Å². The molecule has 0 atom stereocenters. The van der Waals surface area contributed by atoms with Crippen molar-refractivity contribution in [1.29, 1.82) is 0 Å². The quantitative estimate of drug-likeness (QED) is 0.301. The first-order valence-corrected chi connectivity index (χ1v) is 6.99. The maximum Gasteiger partial charge on any atom is 0.224 e. The van der Waals surface area contributed by atoms with Gasteiger partial charge in [0, 0.05) is 12.1 Å². The van der Waals surface area contributed by atoms with Gasteiger partial charge in [0.25, 0.3) is 0 Å². The highest BCUT2D eigenvalue weighted by atomic mass is 32.1. The van der Waals surface area contributed by atoms with Crippen molar-refractivity contribution in [3.8, 4) is 5.75 Å². The zero-order valence-corrected chi connectivity index (χ0v) is 12.8. The van der Waals surface area contributed by atoms with Gasteiger partial charge in [-0.05, 0) is 42.4 Å². The SMILES string of the molecule is C=CCNC(=S)N[NH+]=Cc1ccc(OCC(C)C)cc1. The van der Waals surface area contributed by atoms with E-state index in [0.29, 0.717) is 17.6 Å². The fourth-order valence-electron chi connectivity index (χ4n) is 1.32. The molecule has 0 aliphatic heterocycles. The van der Waals surface area contributed by atoms with Crippen LogP contribution in [0.15, 0.2) is 36.9 Å². The average molecular weight is 292 g/mol. The van der Waals surface area contributed by atoms with E-state index in [9.17, 15) is 0 Å². The smallest absolute Gasteiger partial charge is 0.224 e. The van der Waals surface area contributed by atoms with Crippen LogP contribution in [0.4, 0.5) is 0 Å². The molecule has 0 saturated heterocycles. The minimum absolute atomic E-state index is 0.524. The zero-order valence-electron chi connectivity index (χ0n) is 12.0. The predicted octanol–water partition coefficient (Wildman–Crippen LogP) is 0.786. The Morgan fingerprint density at radius 1 is 1.40 bits per heavy atom. The second-order valence-corrected chi connectivity index (χ2v) is 5.09. The van der Waals surface area contributed by atoms with E-state index in [2.05, 4.69) is 36.3 Å². The van der Waals surface area contributed by atoms with Gasteiger partial charge in [-0.3, -0.25) is 0 Å². The van der Waals surface area contributed by atoms with E-state index in [1.807, 2.05) is 30.5 Å². The topological polar surface area (TPSA) is 47.3 Å². The van der Waals surface area contributed by atoms with Gasteiger partial charge in [-0.1, -0.05) is 19.9 Å². The van der Waals surface area contributed by atoms with Crippen LogP contribution in [0.2, 0.25) is 0 Å². The van der Waals surface area contributed by atoms with Gasteiger partial charge in [0.2, 0.25) is 5.11 Å². The molecular weight excluding hydrogens is 270 g/mol. The first-order chi connectivity index (χ1) is 9.61. The number of hydrogen-bond donors (Lipinski definition) is 3. The molecule has 0 heterocycles. The Labute approximate surface area is 125 Å². The molecule has 0 radical (unpaired) electrons. The van der Waals surface area contributed by atoms with Crippen LogP contribution in [0.25, 0.3) is 0 Å². The first-order valence-electron chi connectivity index (χ1n) is 6.58. The minimum Gasteiger partial charge on any atom is -0.493 e. The van der Waals surface area contributed by atoms with Crippen LogP contribution in [0, 0.1) is 5.92 Å². The Morgan fingerprint density at radius 2 is 2.10 bits per heavy atom. The molecule has 1 rings (SSSR count). The second-order valence-electron chi connectivity index (χ2n) is 4.69. The van der Waals surface area contributed by atoms with Gasteiger partial charge in [0.15, 0.2) is 6.21 Å². The van der Waals surface area contributed by atoms with E-state index in [1.165, 1.54) is 0 Å². The summed E-state index contributed by atoms with van der Waals surface area (Å²) in [5, 5.41) is 6.41. The molecule has 0 spiro atoms. The third-order valence-electron chi connectivity index (χ3n) is 2.29. The zero-order chi connectivity index (χ0) is 14.8. The molecule has 1 aromatic carbocycles. The van der Waals surface area contributed by atoms with Crippen LogP contribution in [-0.2, 0) is 0 Å². The summed E-state index contributed by atoms with van der Waals surface area (Å²) < 4.78 is 5.62. The first kappa shape index (κ1) is 16.2. The minimum atomic E-state index is 0.524. The van der Waals surface area contributed by atoms with Crippen molar-refractivity contribution in [3.05, 3.63) is 42.5 Å². The molecule has 0 fully saturated rings. The largest absolute Gasteiger partial charge is 0.493 e. The maximum atomic E-state index is 5.62. The molecule has 4 nitrogen and oxygen atoms in total. The van der Waals surface area contributed by atoms with Crippen molar-refractivity contribution in [2.45, 2.75) is 13.8 Å². The number of ether oxygens (including phenoxy) is 1. The molecule has 0 amide bonds. The van der Waals surface area contributed by atoms with Crippen molar-refractivity contribution in [1.82, 2.24) is 10.7 Å². The Hall–Kier alpha value is -1.88. The van der Waals surface area contributed by atoms with Gasteiger partial charge < -0.3 is 10.1 Å². The van der Waals surface area contributed by atoms with Gasteiger partial charge in [-0.2, -0.15) is 0 Å². The fraction of sp³-hybridized carbons (Fsp3) is 0.333. The lowest BCUT2D eigenvalue weighted by Gasteiger charge is -2.07. The highest BCUT2D eigenvalue weighted by molar-refractivity contribution is 7.80. The molecule has 5 heteroatoms. The number of nitrogens with one attached hydrogen (secondary N) is 3. The predicted molar refractivity (Wildman–Crippen MR) is 86.8 cm³/mol. The van der Waals surface area contributed by atoms with E-state index >= 15 is 0 Å². The summed E-state index contributed by atoms with van der Waals surface area (Å²) in [6, 6.07) is 7.85. The molecule has 0 unspecified atom stereocenters. The second kappa shape index (κ2) is 9.09. The lowest BCUT2D eigenvalue weighted by molar-refractivity contribution is -0.500. The number of hydrazone groups is 1. The van der Waals surface area contributed by atoms with Crippen molar-refractivity contribution in [3.63, 3.8) is 0 Å². The third-order valence-corrected chi connectivity index (χ3v) is 2.54. The lowest BCUT2D eigenvalue weighted by Crippen LogP contribution is -2.82. The van der Waals surface area contributed by atoms with Crippen LogP contribution in [0.3, 0.4) is 0 Å². The van der Waals surface area contributed by atoms with E-state index in [-0.39, 0.29) is 0 Å². The number of hydrazine groups is 1. The molecule has 108 valence electrons. The summed E-state index contributed by atoms with van der Waals surface area (Å²) in [5.41, 5.74) is 3.89. The molecule has 3 N–H and O–H groups in total. The van der Waals surface area contributed by atoms with Gasteiger partial charge in [0.05, 0.1) is 6.61 Å². The molecule has 1 aromatic rings. The third kappa shape index (κ3) is 6.89. The van der Waals surface area contributed by atoms with Gasteiger partial charge in [-0.25, -0.2) is 0 Å². The van der Waals surface area contributed by atoms with Crippen molar-refractivity contribution < 1.29 is 9.84 Å². The number of hydrogen-bond acceptors (Lipinski definition) is 2. The van der Waals surface area contributed by atoms with Crippen LogP contribution < -0.4 is 20.6 Å². The van der Waals surface area contributed by atoms with Crippen LogP contribution in [0.1, 0.15) is 19.4 Å². The molecule has 0 saturated carbocycles. The summed E-state index contributed by atoms with van der Waals surface area (Å²) in [6.07, 6.45) is 3.57. The van der Waals surface area contributed by atoms with Crippen molar-refractivity contribution in [2.24, 2.45) is 5.92 Å². The molecule has 20 heavy (non-hydrogen) atoms. The Morgan fingerprint density at radius 3 is 2.70 bits per heavy atom. The van der Waals surface area contributed by atoms with Crippen LogP contribution in [-0.4, -0.2) is 24.5 Å². The van der Waals surface area contributed by atoms with Crippen molar-refractivity contribution >= 4 is 23.5 Å². The Balaban J connectivity index is 2.40. The van der Waals surface area contributed by atoms with Crippen LogP contribution >= 0.6 is 12.2 Å². The maximum absolute atomic E-state index is 5.62. The van der Waals surface area contributed by atoms with E-state index in [4.69, 9.17) is 17.0 Å². The van der Waals surface area contributed by atoms with E-state index < -0.39 is 0 Å². The van der Waals surface area contributed by atoms with Gasteiger partial charge in [-0.15, -0.1) is 17.1 Å². The number of thiocarbonyl (C=S) groups is 1. The summed E-state index contributed by atoms with van der Waals surface area (Å²) in [4.78, 5) is 0.